The molecule has 122 valence electrons. The lowest BCUT2D eigenvalue weighted by molar-refractivity contribution is 0.262. The Kier molecular flexibility index (Phi) is 4.20. The Morgan fingerprint density at radius 1 is 1.08 bits per heavy atom. The predicted molar refractivity (Wildman–Crippen MR) is 92.6 cm³/mol. The minimum atomic E-state index is -0.815. The van der Waals surface area contributed by atoms with Crippen molar-refractivity contribution in [3.63, 3.8) is 0 Å². The minimum Gasteiger partial charge on any atom is -0.505 e. The topological polar surface area (TPSA) is 91.6 Å². The summed E-state index contributed by atoms with van der Waals surface area (Å²) in [4.78, 5) is 24.2. The molecule has 0 radical (unpaired) electrons. The normalized spacial score (nSPS) is 10.5. The van der Waals surface area contributed by atoms with Gasteiger partial charge in [0.25, 0.3) is 0 Å². The van der Waals surface area contributed by atoms with E-state index >= 15 is 0 Å². The molecule has 2 aromatic carbocycles. The van der Waals surface area contributed by atoms with Crippen LogP contribution in [0.4, 0.5) is 16.2 Å². The smallest absolute Gasteiger partial charge is 0.364 e. The molecule has 24 heavy (non-hydrogen) atoms. The van der Waals surface area contributed by atoms with Gasteiger partial charge in [-0.05, 0) is 30.2 Å². The van der Waals surface area contributed by atoms with Gasteiger partial charge >= 0.3 is 11.7 Å². The van der Waals surface area contributed by atoms with Crippen molar-refractivity contribution >= 4 is 28.4 Å². The molecule has 0 fully saturated rings. The first kappa shape index (κ1) is 15.6. The van der Waals surface area contributed by atoms with Crippen molar-refractivity contribution in [3.05, 3.63) is 64.5 Å². The number of amides is 2. The Hall–Kier alpha value is -3.28. The second-order valence-electron chi connectivity index (χ2n) is 5.20. The lowest BCUT2D eigenvalue weighted by Crippen LogP contribution is -2.23. The maximum absolute atomic E-state index is 12.2. The van der Waals surface area contributed by atoms with Gasteiger partial charge in [-0.25, -0.2) is 9.59 Å². The van der Waals surface area contributed by atoms with Crippen LogP contribution in [0.1, 0.15) is 12.5 Å². The lowest BCUT2D eigenvalue weighted by atomic mass is 10.1. The molecule has 0 aliphatic heterocycles. The maximum Gasteiger partial charge on any atom is 0.364 e. The van der Waals surface area contributed by atoms with Crippen LogP contribution >= 0.6 is 0 Å². The van der Waals surface area contributed by atoms with E-state index in [2.05, 4.69) is 10.6 Å². The summed E-state index contributed by atoms with van der Waals surface area (Å²) in [6.07, 6.45) is 0.750. The van der Waals surface area contributed by atoms with Crippen LogP contribution in [-0.2, 0) is 6.42 Å². The van der Waals surface area contributed by atoms with Crippen molar-refractivity contribution in [2.24, 2.45) is 0 Å². The van der Waals surface area contributed by atoms with Crippen molar-refractivity contribution in [1.82, 2.24) is 0 Å². The molecule has 6 nitrogen and oxygen atoms in total. The van der Waals surface area contributed by atoms with Crippen LogP contribution in [0.25, 0.3) is 11.0 Å². The highest BCUT2D eigenvalue weighted by Crippen LogP contribution is 2.29. The summed E-state index contributed by atoms with van der Waals surface area (Å²) in [7, 11) is 0. The summed E-state index contributed by atoms with van der Waals surface area (Å²) < 4.78 is 5.11. The van der Waals surface area contributed by atoms with Gasteiger partial charge in [0.2, 0.25) is 0 Å². The van der Waals surface area contributed by atoms with Gasteiger partial charge in [0, 0.05) is 5.69 Å². The summed E-state index contributed by atoms with van der Waals surface area (Å²) in [5.74, 6) is -0.319. The summed E-state index contributed by atoms with van der Waals surface area (Å²) in [5, 5.41) is 15.6. The van der Waals surface area contributed by atoms with Gasteiger partial charge < -0.3 is 14.8 Å². The SMILES string of the molecule is CCc1ccccc1NC(=O)Nc1c(O)c2ccccc2oc1=O. The van der Waals surface area contributed by atoms with Crippen molar-refractivity contribution in [1.29, 1.82) is 0 Å². The fourth-order valence-corrected chi connectivity index (χ4v) is 2.46. The number of para-hydroxylation sites is 2. The lowest BCUT2D eigenvalue weighted by Gasteiger charge is -2.11. The van der Waals surface area contributed by atoms with Crippen LogP contribution in [0.5, 0.6) is 5.75 Å². The number of aromatic hydroxyl groups is 1. The van der Waals surface area contributed by atoms with Crippen LogP contribution in [0.15, 0.2) is 57.7 Å². The third kappa shape index (κ3) is 2.94. The number of carbonyl (C=O) groups is 1. The van der Waals surface area contributed by atoms with Crippen molar-refractivity contribution in [2.45, 2.75) is 13.3 Å². The average Bonchev–Trinajstić information content (AvgIpc) is 2.59. The van der Waals surface area contributed by atoms with E-state index in [4.69, 9.17) is 4.42 Å². The summed E-state index contributed by atoms with van der Waals surface area (Å²) in [6.45, 7) is 1.97. The second kappa shape index (κ2) is 6.45. The molecule has 0 aliphatic rings. The molecule has 0 unspecified atom stereocenters. The fraction of sp³-hybridized carbons (Fsp3) is 0.111. The molecule has 3 N–H and O–H groups in total. The molecule has 0 saturated heterocycles. The van der Waals surface area contributed by atoms with Crippen LogP contribution < -0.4 is 16.3 Å². The van der Waals surface area contributed by atoms with E-state index < -0.39 is 11.7 Å². The Balaban J connectivity index is 1.90. The van der Waals surface area contributed by atoms with Gasteiger partial charge in [0.1, 0.15) is 5.58 Å². The number of benzene rings is 2. The highest BCUT2D eigenvalue weighted by molar-refractivity contribution is 6.02. The summed E-state index contributed by atoms with van der Waals surface area (Å²) in [5.41, 5.74) is 0.747. The number of urea groups is 1. The molecule has 0 atom stereocenters. The molecule has 1 aromatic heterocycles. The number of carbonyl (C=O) groups excluding carboxylic acids is 1. The third-order valence-electron chi connectivity index (χ3n) is 3.67. The Morgan fingerprint density at radius 2 is 1.79 bits per heavy atom. The van der Waals surface area contributed by atoms with E-state index in [1.54, 1.807) is 36.4 Å². The zero-order valence-corrected chi connectivity index (χ0v) is 13.0. The van der Waals surface area contributed by atoms with E-state index in [1.165, 1.54) is 0 Å². The number of nitrogens with one attached hydrogen (secondary N) is 2. The number of hydrogen-bond donors (Lipinski definition) is 3. The van der Waals surface area contributed by atoms with Gasteiger partial charge in [-0.15, -0.1) is 0 Å². The number of aryl methyl sites for hydroxylation is 1. The highest BCUT2D eigenvalue weighted by Gasteiger charge is 2.16. The van der Waals surface area contributed by atoms with Crippen LogP contribution in [0, 0.1) is 0 Å². The first-order chi connectivity index (χ1) is 11.6. The Bertz CT molecular complexity index is 963. The van der Waals surface area contributed by atoms with Crippen molar-refractivity contribution in [2.75, 3.05) is 10.6 Å². The van der Waals surface area contributed by atoms with E-state index in [0.29, 0.717) is 11.1 Å². The molecule has 3 aromatic rings. The molecular formula is C18H16N2O4. The molecule has 6 heteroatoms. The largest absolute Gasteiger partial charge is 0.505 e. The Labute approximate surface area is 137 Å². The molecule has 0 bridgehead atoms. The first-order valence-electron chi connectivity index (χ1n) is 7.51. The molecular weight excluding hydrogens is 308 g/mol. The van der Waals surface area contributed by atoms with Crippen LogP contribution in [0.3, 0.4) is 0 Å². The number of fused-ring (bicyclic) bond motifs is 1. The van der Waals surface area contributed by atoms with Gasteiger partial charge in [0.15, 0.2) is 11.4 Å². The molecule has 0 spiro atoms. The summed E-state index contributed by atoms with van der Waals surface area (Å²) >= 11 is 0. The average molecular weight is 324 g/mol. The monoisotopic (exact) mass is 324 g/mol. The number of rotatable bonds is 3. The number of hydrogen-bond acceptors (Lipinski definition) is 4. The third-order valence-corrected chi connectivity index (χ3v) is 3.67. The van der Waals surface area contributed by atoms with Crippen molar-refractivity contribution in [3.8, 4) is 5.75 Å². The van der Waals surface area contributed by atoms with Crippen LogP contribution in [-0.4, -0.2) is 11.1 Å². The van der Waals surface area contributed by atoms with E-state index in [-0.39, 0.29) is 17.0 Å². The highest BCUT2D eigenvalue weighted by atomic mass is 16.4. The van der Waals surface area contributed by atoms with Crippen LogP contribution in [0.2, 0.25) is 0 Å². The maximum atomic E-state index is 12.2. The second-order valence-corrected chi connectivity index (χ2v) is 5.20. The van der Waals surface area contributed by atoms with E-state index in [9.17, 15) is 14.7 Å². The van der Waals surface area contributed by atoms with Gasteiger partial charge in [0.05, 0.1) is 5.39 Å². The van der Waals surface area contributed by atoms with E-state index in [0.717, 1.165) is 12.0 Å². The standard InChI is InChI=1S/C18H16N2O4/c1-2-11-7-3-5-9-13(11)19-18(23)20-15-16(21)12-8-4-6-10-14(12)24-17(15)22/h3-10,21H,2H2,1H3,(H2,19,20,23). The van der Waals surface area contributed by atoms with Gasteiger partial charge in [-0.1, -0.05) is 37.3 Å². The zero-order valence-electron chi connectivity index (χ0n) is 13.0. The molecule has 3 rings (SSSR count). The van der Waals surface area contributed by atoms with Crippen molar-refractivity contribution < 1.29 is 14.3 Å². The Morgan fingerprint density at radius 3 is 2.58 bits per heavy atom. The van der Waals surface area contributed by atoms with Gasteiger partial charge in [-0.2, -0.15) is 0 Å². The molecule has 2 amide bonds. The van der Waals surface area contributed by atoms with Gasteiger partial charge in [-0.3, -0.25) is 5.32 Å². The first-order valence-corrected chi connectivity index (χ1v) is 7.51. The molecule has 0 saturated carbocycles. The minimum absolute atomic E-state index is 0.252. The molecule has 0 aliphatic carbocycles. The summed E-state index contributed by atoms with van der Waals surface area (Å²) in [6, 6.07) is 13.3. The quantitative estimate of drug-likeness (QED) is 0.641. The van der Waals surface area contributed by atoms with E-state index in [1.807, 2.05) is 19.1 Å². The number of anilines is 2. The fourth-order valence-electron chi connectivity index (χ4n) is 2.46. The zero-order chi connectivity index (χ0) is 17.1. The predicted octanol–water partition coefficient (Wildman–Crippen LogP) is 3.71. The molecule has 1 heterocycles.